The molecule has 2 spiro atoms. The number of aromatic carboxylic acids is 2. The molecule has 9 aliphatic rings. The largest absolute Gasteiger partial charge is 0.478 e. The quantitative estimate of drug-likeness (QED) is 0.0552. The van der Waals surface area contributed by atoms with Crippen molar-refractivity contribution in [2.75, 3.05) is 45.9 Å². The number of nitrogens with one attached hydrogen (secondary N) is 2. The minimum absolute atomic E-state index is 0.0125. The summed E-state index contributed by atoms with van der Waals surface area (Å²) in [5.41, 5.74) is 22.2. The lowest BCUT2D eigenvalue weighted by molar-refractivity contribution is 0.0599. The molecular weight excluding hydrogens is 1470 g/mol. The molecule has 596 valence electrons. The molecule has 6 saturated carbocycles. The second kappa shape index (κ2) is 30.4. The lowest BCUT2D eigenvalue weighted by atomic mass is 9.81. The van der Waals surface area contributed by atoms with E-state index in [0.717, 1.165) is 80.1 Å². The van der Waals surface area contributed by atoms with Gasteiger partial charge in [0.15, 0.2) is 0 Å². The first-order valence-corrected chi connectivity index (χ1v) is 45.4. The zero-order valence-electron chi connectivity index (χ0n) is 65.9. The number of nitrogens with zero attached hydrogens (tertiary/aromatic N) is 5. The van der Waals surface area contributed by atoms with Crippen LogP contribution in [-0.4, -0.2) is 124 Å². The Hall–Kier alpha value is -9.25. The number of ether oxygens (including phenoxy) is 1. The monoisotopic (exact) mass is 1580 g/mol. The van der Waals surface area contributed by atoms with Crippen molar-refractivity contribution in [1.29, 1.82) is 0 Å². The molecule has 0 atom stereocenters. The van der Waals surface area contributed by atoms with Gasteiger partial charge >= 0.3 is 17.9 Å². The zero-order chi connectivity index (χ0) is 78.4. The van der Waals surface area contributed by atoms with Crippen molar-refractivity contribution >= 4 is 104 Å². The van der Waals surface area contributed by atoms with Gasteiger partial charge in [0.2, 0.25) is 0 Å². The average Bonchev–Trinajstić information content (AvgIpc) is 1.55. The Kier molecular flexibility index (Phi) is 20.3. The Labute approximate surface area is 666 Å². The molecule has 3 aliphatic heterocycles. The molecule has 7 fully saturated rings. The molecule has 21 rings (SSSR count). The normalized spacial score (nSPS) is 19.2. The second-order valence-electron chi connectivity index (χ2n) is 35.1. The molecule has 0 amide bonds. The van der Waals surface area contributed by atoms with Crippen molar-refractivity contribution in [3.05, 3.63) is 179 Å². The van der Waals surface area contributed by atoms with E-state index in [1.165, 1.54) is 261 Å². The van der Waals surface area contributed by atoms with Crippen LogP contribution in [-0.2, 0) is 66.1 Å². The standard InChI is InChI=1S/C34H39N3O2.C28H28N2O2.C24H24N2O2.C7H14O6S2/c38-33(39)24-12-13-27-29(18-24)37-22-34(14-15-34)21-36-20-25(19-35-16-5-2-6-17-35)26-10-7-11-28(31(26)36)32(37)30(27)23-8-3-1-4-9-23;31-27(32)20-9-10-21-23(15-20)30-17-28(12-13-28)16-29-14-11-19-7-4-8-22(25(19)29)26(30)24(21)18-5-2-1-3-6-18;1-28-24(27)17-10-11-18-20(14-17)26-23(21(18)15-6-3-2-4-7-15)19-9-5-8-16-12-13-25-22(16)19;1-14(8,9)12-5-7(3-4-7)6-13-15(2,10)11/h7,10-13,18,20,23H,1-6,8-9,14-17,19,21-22H2,(H,38,39);4,7-11,14-15,18H,1-3,5-6,12-13,16-17H2,(H,31,32);5,8-15,25-26H,2-4,6-7H2,1H3;3-6H2,1-2H3. The number of carbonyl (C=O) groups excluding carboxylic acids is 1. The van der Waals surface area contributed by atoms with Crippen LogP contribution >= 0.6 is 0 Å². The third-order valence-corrected chi connectivity index (χ3v) is 28.1. The maximum absolute atomic E-state index is 12.1. The summed E-state index contributed by atoms with van der Waals surface area (Å²) < 4.78 is 67.2. The van der Waals surface area contributed by atoms with E-state index in [9.17, 15) is 41.4 Å². The number of aromatic amines is 2. The van der Waals surface area contributed by atoms with Crippen LogP contribution in [0, 0.1) is 16.2 Å². The second-order valence-corrected chi connectivity index (χ2v) is 38.4. The molecule has 0 unspecified atom stereocenters. The van der Waals surface area contributed by atoms with Crippen LogP contribution < -0.4 is 0 Å². The number of aromatic nitrogens is 6. The van der Waals surface area contributed by atoms with Crippen LogP contribution in [0.3, 0.4) is 0 Å². The van der Waals surface area contributed by atoms with Gasteiger partial charge in [-0.25, -0.2) is 14.4 Å². The summed E-state index contributed by atoms with van der Waals surface area (Å²) >= 11 is 0. The molecule has 6 aliphatic carbocycles. The maximum Gasteiger partial charge on any atom is 0.337 e. The summed E-state index contributed by atoms with van der Waals surface area (Å²) in [6.45, 7) is 7.49. The van der Waals surface area contributed by atoms with E-state index in [2.05, 4.69) is 139 Å². The van der Waals surface area contributed by atoms with E-state index in [1.54, 1.807) is 6.07 Å². The Morgan fingerprint density at radius 1 is 0.500 bits per heavy atom. The van der Waals surface area contributed by atoms with Gasteiger partial charge in [0.05, 0.1) is 83.2 Å². The molecule has 6 aromatic heterocycles. The molecule has 1 saturated heterocycles. The van der Waals surface area contributed by atoms with Crippen LogP contribution in [0.4, 0.5) is 0 Å². The Balaban J connectivity index is 0.000000110. The molecule has 9 heterocycles. The first-order valence-electron chi connectivity index (χ1n) is 41.8. The molecule has 6 aromatic carbocycles. The highest BCUT2D eigenvalue weighted by Crippen LogP contribution is 2.58. The molecule has 21 heteroatoms. The van der Waals surface area contributed by atoms with E-state index < -0.39 is 37.6 Å². The lowest BCUT2D eigenvalue weighted by Crippen LogP contribution is -2.29. The number of rotatable bonds is 15. The summed E-state index contributed by atoms with van der Waals surface area (Å²) in [5, 5.41) is 27.3. The van der Waals surface area contributed by atoms with Crippen LogP contribution in [0.5, 0.6) is 0 Å². The van der Waals surface area contributed by atoms with Gasteiger partial charge in [0.1, 0.15) is 0 Å². The van der Waals surface area contributed by atoms with Gasteiger partial charge in [-0.15, -0.1) is 0 Å². The molecule has 19 nitrogen and oxygen atoms in total. The summed E-state index contributed by atoms with van der Waals surface area (Å²) in [6, 6.07) is 42.1. The minimum atomic E-state index is -3.48. The van der Waals surface area contributed by atoms with Gasteiger partial charge in [-0.05, 0) is 192 Å². The topological polar surface area (TPSA) is 242 Å². The molecular formula is C93H105N7O12S2. The highest BCUT2D eigenvalue weighted by molar-refractivity contribution is 7.86. The lowest BCUT2D eigenvalue weighted by Gasteiger charge is -2.27. The van der Waals surface area contributed by atoms with E-state index in [0.29, 0.717) is 34.4 Å². The van der Waals surface area contributed by atoms with E-state index in [4.69, 9.17) is 4.74 Å². The number of H-pyrrole nitrogens is 2. The number of methoxy groups -OCH3 is 1. The average molecular weight is 1580 g/mol. The van der Waals surface area contributed by atoms with Gasteiger partial charge < -0.3 is 43.2 Å². The Bertz CT molecular complexity index is 5930. The number of hydrogen-bond acceptors (Lipinski definition) is 11. The highest BCUT2D eigenvalue weighted by Gasteiger charge is 2.49. The number of fused-ring (bicyclic) bond motifs is 10. The molecule has 12 aromatic rings. The summed E-state index contributed by atoms with van der Waals surface area (Å²) in [7, 11) is -5.53. The first-order chi connectivity index (χ1) is 55.1. The fourth-order valence-electron chi connectivity index (χ4n) is 20.6. The molecule has 0 radical (unpaired) electrons. The first kappa shape index (κ1) is 76.1. The number of hydrogen-bond donors (Lipinski definition) is 4. The number of benzene rings is 6. The number of esters is 1. The van der Waals surface area contributed by atoms with E-state index in [-0.39, 0.29) is 30.0 Å². The zero-order valence-corrected chi connectivity index (χ0v) is 67.5. The molecule has 4 N–H and O–H groups in total. The number of carbonyl (C=O) groups is 3. The number of carboxylic acid groups (broad SMARTS) is 2. The van der Waals surface area contributed by atoms with Gasteiger partial charge in [0, 0.05) is 133 Å². The minimum Gasteiger partial charge on any atom is -0.478 e. The predicted molar refractivity (Wildman–Crippen MR) is 450 cm³/mol. The summed E-state index contributed by atoms with van der Waals surface area (Å²) in [5.74, 6) is -0.349. The van der Waals surface area contributed by atoms with Crippen LogP contribution in [0.25, 0.3) is 99.2 Å². The predicted octanol–water partition coefficient (Wildman–Crippen LogP) is 20.5. The van der Waals surface area contributed by atoms with E-state index >= 15 is 0 Å². The number of carboxylic acids is 2. The fraction of sp³-hybridized carbons (Fsp3) is 0.452. The number of para-hydroxylation sites is 3. The molecule has 0 bridgehead atoms. The maximum atomic E-state index is 12.1. The number of piperidine rings is 1. The van der Waals surface area contributed by atoms with Crippen LogP contribution in [0.15, 0.2) is 140 Å². The van der Waals surface area contributed by atoms with Crippen molar-refractivity contribution in [3.8, 4) is 33.8 Å². The molecule has 114 heavy (non-hydrogen) atoms. The SMILES string of the molecule is COC(=O)c1ccc2c(C3CCCCC3)c(-c3cccc4cc[nH]c34)[nH]c2c1.CS(=O)(=O)OCC1(COS(C)(=O)=O)CC1.O=C(O)c1ccc2c(C3CCCCC3)c3n(c2c1)CC1(CC1)Cn1cc(CN2CCCCC2)c2cccc-3c21.O=C(O)c1ccc2c(C3CCCCC3)c3n(c2c1)CC1(CC1)Cn1ccc2cccc-3c21. The Morgan fingerprint density at radius 2 is 1.00 bits per heavy atom. The third-order valence-electron chi connectivity index (χ3n) is 27.0. The van der Waals surface area contributed by atoms with Gasteiger partial charge in [-0.1, -0.05) is 137 Å². The van der Waals surface area contributed by atoms with Gasteiger partial charge in [-0.2, -0.15) is 16.8 Å². The van der Waals surface area contributed by atoms with Crippen molar-refractivity contribution in [1.82, 2.24) is 33.1 Å². The van der Waals surface area contributed by atoms with Crippen molar-refractivity contribution in [2.45, 2.75) is 205 Å². The Morgan fingerprint density at radius 3 is 1.54 bits per heavy atom. The fourth-order valence-corrected chi connectivity index (χ4v) is 21.5. The highest BCUT2D eigenvalue weighted by atomic mass is 32.2. The van der Waals surface area contributed by atoms with Crippen molar-refractivity contribution in [2.24, 2.45) is 16.2 Å². The summed E-state index contributed by atoms with van der Waals surface area (Å²) in [6.07, 6.45) is 38.1. The van der Waals surface area contributed by atoms with Gasteiger partial charge in [-0.3, -0.25) is 13.3 Å². The van der Waals surface area contributed by atoms with Crippen molar-refractivity contribution in [3.63, 3.8) is 0 Å². The third kappa shape index (κ3) is 15.1. The number of likely N-dealkylation sites (tertiary alicyclic amines) is 1. The van der Waals surface area contributed by atoms with Crippen molar-refractivity contribution < 1.29 is 54.5 Å². The summed E-state index contributed by atoms with van der Waals surface area (Å²) in [4.78, 5) is 45.6. The van der Waals surface area contributed by atoms with Crippen LogP contribution in [0.2, 0.25) is 0 Å². The van der Waals surface area contributed by atoms with Gasteiger partial charge in [0.25, 0.3) is 20.2 Å². The smallest absolute Gasteiger partial charge is 0.337 e. The van der Waals surface area contributed by atoms with Crippen LogP contribution in [0.1, 0.15) is 225 Å². The van der Waals surface area contributed by atoms with E-state index in [1.807, 2.05) is 36.5 Å².